The van der Waals surface area contributed by atoms with Crippen LogP contribution in [0.5, 0.6) is 0 Å². The van der Waals surface area contributed by atoms with Crippen molar-refractivity contribution in [2.75, 3.05) is 13.1 Å². The third-order valence-electron chi connectivity index (χ3n) is 4.94. The molecule has 1 heterocycles. The second kappa shape index (κ2) is 4.33. The number of hydrogen-bond acceptors (Lipinski definition) is 1. The predicted octanol–water partition coefficient (Wildman–Crippen LogP) is 4.32. The molecule has 0 aromatic rings. The lowest BCUT2D eigenvalue weighted by atomic mass is 9.60. The largest absolute Gasteiger partial charge is 0.298 e. The monoisotopic (exact) mass is 225 g/mol. The Morgan fingerprint density at radius 2 is 1.38 bits per heavy atom. The van der Waals surface area contributed by atoms with Gasteiger partial charge in [0.1, 0.15) is 0 Å². The van der Waals surface area contributed by atoms with E-state index in [4.69, 9.17) is 0 Å². The first kappa shape index (κ1) is 14.0. The zero-order valence-corrected chi connectivity index (χ0v) is 12.5. The van der Waals surface area contributed by atoms with Gasteiger partial charge in [0.05, 0.1) is 0 Å². The summed E-state index contributed by atoms with van der Waals surface area (Å²) < 4.78 is 0. The van der Waals surface area contributed by atoms with E-state index in [1.807, 2.05) is 0 Å². The fourth-order valence-corrected chi connectivity index (χ4v) is 3.24. The normalized spacial score (nSPS) is 23.4. The molecule has 1 aliphatic heterocycles. The van der Waals surface area contributed by atoms with E-state index in [1.54, 1.807) is 0 Å². The van der Waals surface area contributed by atoms with Crippen LogP contribution in [0.2, 0.25) is 0 Å². The number of rotatable bonds is 1. The number of likely N-dealkylation sites (tertiary alicyclic amines) is 1. The Morgan fingerprint density at radius 1 is 0.938 bits per heavy atom. The molecule has 0 N–H and O–H groups in total. The highest BCUT2D eigenvalue weighted by Crippen LogP contribution is 2.49. The lowest BCUT2D eigenvalue weighted by Crippen LogP contribution is -2.52. The van der Waals surface area contributed by atoms with Crippen LogP contribution in [0.3, 0.4) is 0 Å². The van der Waals surface area contributed by atoms with E-state index < -0.39 is 0 Å². The average molecular weight is 225 g/mol. The van der Waals surface area contributed by atoms with Crippen molar-refractivity contribution in [3.8, 4) is 0 Å². The summed E-state index contributed by atoms with van der Waals surface area (Å²) in [6, 6.07) is 0. The molecule has 0 saturated carbocycles. The minimum atomic E-state index is 0.345. The van der Waals surface area contributed by atoms with Gasteiger partial charge in [-0.2, -0.15) is 0 Å². The second-order valence-corrected chi connectivity index (χ2v) is 7.54. The predicted molar refractivity (Wildman–Crippen MR) is 72.7 cm³/mol. The van der Waals surface area contributed by atoms with Gasteiger partial charge in [0, 0.05) is 5.54 Å². The van der Waals surface area contributed by atoms with Crippen LogP contribution in [0.25, 0.3) is 0 Å². The smallest absolute Gasteiger partial charge is 0.0125 e. The summed E-state index contributed by atoms with van der Waals surface area (Å²) in [5.74, 6) is 0. The van der Waals surface area contributed by atoms with E-state index >= 15 is 0 Å². The highest BCUT2D eigenvalue weighted by atomic mass is 15.2. The fraction of sp³-hybridized carbons (Fsp3) is 1.00. The third kappa shape index (κ3) is 2.61. The molecule has 96 valence electrons. The first-order valence-corrected chi connectivity index (χ1v) is 6.87. The van der Waals surface area contributed by atoms with Crippen molar-refractivity contribution in [3.05, 3.63) is 0 Å². The maximum Gasteiger partial charge on any atom is 0.0125 e. The van der Waals surface area contributed by atoms with Gasteiger partial charge in [-0.05, 0) is 64.0 Å². The number of hydrogen-bond donors (Lipinski definition) is 0. The molecule has 0 bridgehead atoms. The summed E-state index contributed by atoms with van der Waals surface area (Å²) in [4.78, 5) is 2.65. The maximum atomic E-state index is 2.65. The quantitative estimate of drug-likeness (QED) is 0.642. The average Bonchev–Trinajstić information content (AvgIpc) is 2.14. The van der Waals surface area contributed by atoms with Crippen LogP contribution in [0, 0.1) is 10.8 Å². The molecule has 1 rings (SSSR count). The van der Waals surface area contributed by atoms with Gasteiger partial charge in [0.25, 0.3) is 0 Å². The summed E-state index contributed by atoms with van der Waals surface area (Å²) >= 11 is 0. The van der Waals surface area contributed by atoms with Gasteiger partial charge in [-0.3, -0.25) is 4.90 Å². The number of piperidine rings is 1. The van der Waals surface area contributed by atoms with Crippen molar-refractivity contribution in [2.45, 2.75) is 73.3 Å². The van der Waals surface area contributed by atoms with Crippen LogP contribution in [-0.2, 0) is 0 Å². The van der Waals surface area contributed by atoms with E-state index in [-0.39, 0.29) is 0 Å². The van der Waals surface area contributed by atoms with Crippen molar-refractivity contribution in [3.63, 3.8) is 0 Å². The van der Waals surface area contributed by atoms with Crippen molar-refractivity contribution in [1.29, 1.82) is 0 Å². The Hall–Kier alpha value is -0.0400. The first-order valence-electron chi connectivity index (χ1n) is 6.87. The lowest BCUT2D eigenvalue weighted by Gasteiger charge is -2.52. The first-order chi connectivity index (χ1) is 7.12. The van der Waals surface area contributed by atoms with Crippen molar-refractivity contribution in [2.24, 2.45) is 10.8 Å². The van der Waals surface area contributed by atoms with Crippen LogP contribution < -0.4 is 0 Å². The van der Waals surface area contributed by atoms with Crippen LogP contribution >= 0.6 is 0 Å². The zero-order chi connectivity index (χ0) is 12.6. The van der Waals surface area contributed by atoms with E-state index in [1.165, 1.54) is 32.4 Å². The summed E-state index contributed by atoms with van der Waals surface area (Å²) in [5, 5.41) is 0. The van der Waals surface area contributed by atoms with Crippen LogP contribution in [0.1, 0.15) is 67.7 Å². The molecule has 0 spiro atoms. The Morgan fingerprint density at radius 3 is 1.62 bits per heavy atom. The van der Waals surface area contributed by atoms with Gasteiger partial charge in [-0.1, -0.05) is 27.7 Å². The highest BCUT2D eigenvalue weighted by molar-refractivity contribution is 4.95. The Balaban J connectivity index is 2.72. The minimum Gasteiger partial charge on any atom is -0.298 e. The molecule has 16 heavy (non-hydrogen) atoms. The molecule has 1 heteroatoms. The molecule has 1 aliphatic rings. The molecule has 0 atom stereocenters. The van der Waals surface area contributed by atoms with Crippen molar-refractivity contribution in [1.82, 2.24) is 4.90 Å². The Bertz CT molecular complexity index is 221. The molecule has 1 saturated heterocycles. The molecule has 0 aliphatic carbocycles. The van der Waals surface area contributed by atoms with Gasteiger partial charge in [-0.15, -0.1) is 0 Å². The molecule has 1 nitrogen and oxygen atoms in total. The third-order valence-corrected chi connectivity index (χ3v) is 4.94. The molecular weight excluding hydrogens is 194 g/mol. The van der Waals surface area contributed by atoms with Crippen molar-refractivity contribution >= 4 is 0 Å². The molecule has 0 radical (unpaired) electrons. The summed E-state index contributed by atoms with van der Waals surface area (Å²) in [6.07, 6.45) is 4.06. The minimum absolute atomic E-state index is 0.345. The number of nitrogens with zero attached hydrogens (tertiary/aromatic N) is 1. The van der Waals surface area contributed by atoms with E-state index in [0.29, 0.717) is 16.4 Å². The van der Waals surface area contributed by atoms with E-state index in [9.17, 15) is 0 Å². The van der Waals surface area contributed by atoms with Crippen LogP contribution in [0.4, 0.5) is 0 Å². The second-order valence-electron chi connectivity index (χ2n) is 7.54. The van der Waals surface area contributed by atoms with Gasteiger partial charge in [0.15, 0.2) is 0 Å². The SMILES string of the molecule is CCC1(C(C)(C)C)CCN(C(C)(C)C)CC1. The summed E-state index contributed by atoms with van der Waals surface area (Å²) in [7, 11) is 0. The van der Waals surface area contributed by atoms with Gasteiger partial charge in [-0.25, -0.2) is 0 Å². The molecular formula is C15H31N. The summed E-state index contributed by atoms with van der Waals surface area (Å²) in [5.41, 5.74) is 1.36. The standard InChI is InChI=1S/C15H31N/c1-8-15(13(2,3)4)9-11-16(12-10-15)14(5,6)7/h8-12H2,1-7H3. The molecule has 1 fully saturated rings. The van der Waals surface area contributed by atoms with Crippen molar-refractivity contribution < 1.29 is 0 Å². The van der Waals surface area contributed by atoms with E-state index in [0.717, 1.165) is 0 Å². The topological polar surface area (TPSA) is 3.24 Å². The van der Waals surface area contributed by atoms with Crippen LogP contribution in [-0.4, -0.2) is 23.5 Å². The highest BCUT2D eigenvalue weighted by Gasteiger charge is 2.43. The molecule has 0 unspecified atom stereocenters. The Labute approximate surface area is 103 Å². The van der Waals surface area contributed by atoms with Crippen LogP contribution in [0.15, 0.2) is 0 Å². The Kier molecular flexibility index (Phi) is 3.79. The van der Waals surface area contributed by atoms with E-state index in [2.05, 4.69) is 53.4 Å². The van der Waals surface area contributed by atoms with Gasteiger partial charge in [0.2, 0.25) is 0 Å². The fourth-order valence-electron chi connectivity index (χ4n) is 3.24. The molecule has 0 amide bonds. The zero-order valence-electron chi connectivity index (χ0n) is 12.5. The molecule has 0 aromatic carbocycles. The summed E-state index contributed by atoms with van der Waals surface area (Å²) in [6.45, 7) is 19.2. The lowest BCUT2D eigenvalue weighted by molar-refractivity contribution is -0.0246. The van der Waals surface area contributed by atoms with Gasteiger partial charge < -0.3 is 0 Å². The maximum absolute atomic E-state index is 2.65. The van der Waals surface area contributed by atoms with Gasteiger partial charge >= 0.3 is 0 Å². The molecule has 0 aromatic heterocycles.